The summed E-state index contributed by atoms with van der Waals surface area (Å²) < 4.78 is 24.2. The molecule has 9 heteroatoms. The third-order valence-electron chi connectivity index (χ3n) is 3.48. The molecule has 0 aromatic carbocycles. The lowest BCUT2D eigenvalue weighted by Crippen LogP contribution is -2.49. The molecule has 0 saturated heterocycles. The van der Waals surface area contributed by atoms with Crippen molar-refractivity contribution in [1.82, 2.24) is 20.2 Å². The predicted octanol–water partition coefficient (Wildman–Crippen LogP) is -0.258. The minimum absolute atomic E-state index is 0.0830. The van der Waals surface area contributed by atoms with Gasteiger partial charge in [0.2, 0.25) is 0 Å². The van der Waals surface area contributed by atoms with Gasteiger partial charge < -0.3 is 5.11 Å². The van der Waals surface area contributed by atoms with Gasteiger partial charge in [-0.3, -0.25) is 0 Å². The molecule has 8 nitrogen and oxygen atoms in total. The number of carboxylic acids is 1. The second kappa shape index (κ2) is 4.01. The Labute approximate surface area is 104 Å². The molecule has 1 aliphatic rings. The summed E-state index contributed by atoms with van der Waals surface area (Å²) in [5, 5.41) is 19.1. The molecular formula is C9H14N4O4S. The molecule has 0 bridgehead atoms. The van der Waals surface area contributed by atoms with Crippen molar-refractivity contribution in [3.63, 3.8) is 0 Å². The van der Waals surface area contributed by atoms with E-state index < -0.39 is 26.6 Å². The lowest BCUT2D eigenvalue weighted by atomic mass is 9.77. The first kappa shape index (κ1) is 12.9. The number of hydrogen-bond donors (Lipinski definition) is 1. The standard InChI is InChI=1S/C9H14N4O4S/c1-6(18(2,16)17)7-10-11-12-13(7)9(8(14)15)4-3-5-9/h6H,3-5H2,1-2H3,(H,14,15). The van der Waals surface area contributed by atoms with E-state index in [9.17, 15) is 18.3 Å². The molecule has 0 aliphatic heterocycles. The lowest BCUT2D eigenvalue weighted by molar-refractivity contribution is -0.153. The highest BCUT2D eigenvalue weighted by Crippen LogP contribution is 2.40. The second-order valence-electron chi connectivity index (χ2n) is 4.61. The summed E-state index contributed by atoms with van der Waals surface area (Å²) in [6.45, 7) is 1.45. The number of rotatable bonds is 4. The molecule has 1 heterocycles. The van der Waals surface area contributed by atoms with Crippen LogP contribution in [0.3, 0.4) is 0 Å². The molecule has 1 fully saturated rings. The summed E-state index contributed by atoms with van der Waals surface area (Å²) >= 11 is 0. The molecule has 1 unspecified atom stereocenters. The van der Waals surface area contributed by atoms with Crippen LogP contribution >= 0.6 is 0 Å². The molecule has 1 aromatic heterocycles. The van der Waals surface area contributed by atoms with Crippen molar-refractivity contribution in [2.24, 2.45) is 0 Å². The highest BCUT2D eigenvalue weighted by molar-refractivity contribution is 7.90. The molecular weight excluding hydrogens is 260 g/mol. The van der Waals surface area contributed by atoms with Crippen molar-refractivity contribution in [2.75, 3.05) is 6.26 Å². The zero-order valence-electron chi connectivity index (χ0n) is 10.1. The van der Waals surface area contributed by atoms with E-state index in [1.807, 2.05) is 0 Å². The van der Waals surface area contributed by atoms with E-state index in [0.29, 0.717) is 12.8 Å². The van der Waals surface area contributed by atoms with Crippen molar-refractivity contribution in [1.29, 1.82) is 0 Å². The van der Waals surface area contributed by atoms with E-state index in [2.05, 4.69) is 15.5 Å². The maximum atomic E-state index is 11.5. The molecule has 1 saturated carbocycles. The van der Waals surface area contributed by atoms with Crippen molar-refractivity contribution in [3.05, 3.63) is 5.82 Å². The fourth-order valence-electron chi connectivity index (χ4n) is 1.97. The Hall–Kier alpha value is -1.51. The minimum Gasteiger partial charge on any atom is -0.479 e. The van der Waals surface area contributed by atoms with E-state index in [4.69, 9.17) is 0 Å². The van der Waals surface area contributed by atoms with Gasteiger partial charge in [-0.05, 0) is 36.6 Å². The molecule has 1 aromatic rings. The number of tetrazole rings is 1. The Kier molecular flexibility index (Phi) is 2.88. The average Bonchev–Trinajstić information content (AvgIpc) is 2.61. The number of aliphatic carboxylic acids is 1. The van der Waals surface area contributed by atoms with E-state index in [0.717, 1.165) is 17.4 Å². The van der Waals surface area contributed by atoms with Crippen molar-refractivity contribution >= 4 is 15.8 Å². The van der Waals surface area contributed by atoms with E-state index in [-0.39, 0.29) is 5.82 Å². The van der Waals surface area contributed by atoms with E-state index >= 15 is 0 Å². The van der Waals surface area contributed by atoms with E-state index in [1.165, 1.54) is 6.92 Å². The Bertz CT molecular complexity index is 575. The predicted molar refractivity (Wildman–Crippen MR) is 60.5 cm³/mol. The quantitative estimate of drug-likeness (QED) is 0.804. The Morgan fingerprint density at radius 3 is 2.50 bits per heavy atom. The summed E-state index contributed by atoms with van der Waals surface area (Å²) in [5.41, 5.74) is -1.18. The monoisotopic (exact) mass is 274 g/mol. The molecule has 1 aliphatic carbocycles. The van der Waals surface area contributed by atoms with Crippen LogP contribution in [-0.2, 0) is 20.2 Å². The van der Waals surface area contributed by atoms with Crippen LogP contribution < -0.4 is 0 Å². The highest BCUT2D eigenvalue weighted by Gasteiger charge is 2.49. The summed E-state index contributed by atoms with van der Waals surface area (Å²) in [5.74, 6) is -0.942. The first-order chi connectivity index (χ1) is 8.29. The van der Waals surface area contributed by atoms with Gasteiger partial charge in [-0.1, -0.05) is 0 Å². The maximum Gasteiger partial charge on any atom is 0.331 e. The molecule has 0 spiro atoms. The Balaban J connectivity index is 2.49. The van der Waals surface area contributed by atoms with Crippen molar-refractivity contribution in [2.45, 2.75) is 37.0 Å². The zero-order chi connectivity index (χ0) is 13.6. The number of nitrogens with zero attached hydrogens (tertiary/aromatic N) is 4. The molecule has 1 N–H and O–H groups in total. The fourth-order valence-corrected chi connectivity index (χ4v) is 2.50. The number of carbonyl (C=O) groups is 1. The molecule has 0 amide bonds. The van der Waals surface area contributed by atoms with Crippen molar-refractivity contribution in [3.8, 4) is 0 Å². The number of carboxylic acid groups (broad SMARTS) is 1. The first-order valence-electron chi connectivity index (χ1n) is 5.50. The topological polar surface area (TPSA) is 115 Å². The largest absolute Gasteiger partial charge is 0.479 e. The Morgan fingerprint density at radius 2 is 2.11 bits per heavy atom. The van der Waals surface area contributed by atoms with Crippen LogP contribution in [0.4, 0.5) is 0 Å². The van der Waals surface area contributed by atoms with Crippen LogP contribution in [0.1, 0.15) is 37.3 Å². The highest BCUT2D eigenvalue weighted by atomic mass is 32.2. The molecule has 100 valence electrons. The molecule has 2 rings (SSSR count). The van der Waals surface area contributed by atoms with Crippen LogP contribution in [0.2, 0.25) is 0 Å². The van der Waals surface area contributed by atoms with Crippen LogP contribution in [-0.4, -0.2) is 46.0 Å². The number of hydrogen-bond acceptors (Lipinski definition) is 6. The smallest absolute Gasteiger partial charge is 0.331 e. The SMILES string of the molecule is CC(c1nnnn1C1(C(=O)O)CCC1)S(C)(=O)=O. The van der Waals surface area contributed by atoms with Crippen LogP contribution in [0.25, 0.3) is 0 Å². The average molecular weight is 274 g/mol. The van der Waals surface area contributed by atoms with Gasteiger partial charge in [0.25, 0.3) is 0 Å². The number of sulfone groups is 1. The van der Waals surface area contributed by atoms with Gasteiger partial charge >= 0.3 is 5.97 Å². The maximum absolute atomic E-state index is 11.5. The summed E-state index contributed by atoms with van der Waals surface area (Å²) in [4.78, 5) is 11.4. The van der Waals surface area contributed by atoms with Gasteiger partial charge in [0.15, 0.2) is 21.2 Å². The first-order valence-corrected chi connectivity index (χ1v) is 7.45. The van der Waals surface area contributed by atoms with Gasteiger partial charge in [0, 0.05) is 6.26 Å². The van der Waals surface area contributed by atoms with E-state index in [1.54, 1.807) is 0 Å². The molecule has 1 atom stereocenters. The van der Waals surface area contributed by atoms with Gasteiger partial charge in [0.1, 0.15) is 5.25 Å². The summed E-state index contributed by atoms with van der Waals surface area (Å²) in [6, 6.07) is 0. The van der Waals surface area contributed by atoms with Crippen LogP contribution in [0, 0.1) is 0 Å². The van der Waals surface area contributed by atoms with Crippen LogP contribution in [0.15, 0.2) is 0 Å². The molecule has 0 radical (unpaired) electrons. The summed E-state index contributed by atoms with van der Waals surface area (Å²) in [7, 11) is -3.37. The van der Waals surface area contributed by atoms with Crippen molar-refractivity contribution < 1.29 is 18.3 Å². The third kappa shape index (κ3) is 1.78. The minimum atomic E-state index is -3.37. The van der Waals surface area contributed by atoms with Crippen LogP contribution in [0.5, 0.6) is 0 Å². The Morgan fingerprint density at radius 1 is 1.50 bits per heavy atom. The van der Waals surface area contributed by atoms with Gasteiger partial charge in [-0.25, -0.2) is 17.9 Å². The second-order valence-corrected chi connectivity index (χ2v) is 6.98. The molecule has 18 heavy (non-hydrogen) atoms. The number of aromatic nitrogens is 4. The third-order valence-corrected chi connectivity index (χ3v) is 4.98. The lowest BCUT2D eigenvalue weighted by Gasteiger charge is -2.37. The van der Waals surface area contributed by atoms with Gasteiger partial charge in [0.05, 0.1) is 0 Å². The van der Waals surface area contributed by atoms with Gasteiger partial charge in [-0.15, -0.1) is 5.10 Å². The normalized spacial score (nSPS) is 20.1. The zero-order valence-corrected chi connectivity index (χ0v) is 10.9. The van der Waals surface area contributed by atoms with Gasteiger partial charge in [-0.2, -0.15) is 0 Å². The summed E-state index contributed by atoms with van der Waals surface area (Å²) in [6.07, 6.45) is 2.66. The fraction of sp³-hybridized carbons (Fsp3) is 0.778.